The van der Waals surface area contributed by atoms with Crippen molar-refractivity contribution in [2.75, 3.05) is 18.9 Å². The van der Waals surface area contributed by atoms with E-state index in [1.54, 1.807) is 13.2 Å². The first-order valence-electron chi connectivity index (χ1n) is 20.1. The van der Waals surface area contributed by atoms with Gasteiger partial charge in [-0.3, -0.25) is 23.9 Å². The van der Waals surface area contributed by atoms with Crippen LogP contribution in [0.25, 0.3) is 21.9 Å². The van der Waals surface area contributed by atoms with Crippen LogP contribution >= 0.6 is 0 Å². The maximum Gasteiger partial charge on any atom is 0.408 e. The van der Waals surface area contributed by atoms with E-state index < -0.39 is 74.2 Å². The van der Waals surface area contributed by atoms with Crippen LogP contribution in [0.2, 0.25) is 0 Å². The van der Waals surface area contributed by atoms with Gasteiger partial charge in [0.05, 0.1) is 17.5 Å². The fraction of sp³-hybridized carbons (Fsp3) is 0.512. The van der Waals surface area contributed by atoms with Gasteiger partial charge in [0, 0.05) is 31.5 Å². The first kappa shape index (κ1) is 38.6. The van der Waals surface area contributed by atoms with Gasteiger partial charge in [-0.1, -0.05) is 67.5 Å². The van der Waals surface area contributed by atoms with Crippen molar-refractivity contribution in [3.05, 3.63) is 71.2 Å². The highest BCUT2D eigenvalue weighted by Crippen LogP contribution is 2.46. The van der Waals surface area contributed by atoms with Crippen LogP contribution in [-0.2, 0) is 29.1 Å². The van der Waals surface area contributed by atoms with Crippen molar-refractivity contribution in [3.8, 4) is 11.1 Å². The van der Waals surface area contributed by atoms with Crippen LogP contribution in [0.1, 0.15) is 83.1 Å². The van der Waals surface area contributed by atoms with E-state index in [4.69, 9.17) is 4.74 Å². The molecule has 3 aliphatic carbocycles. The number of carbonyl (C=O) groups is 4. The number of anilines is 1. The minimum absolute atomic E-state index is 0.0287. The van der Waals surface area contributed by atoms with E-state index in [1.165, 1.54) is 9.58 Å². The summed E-state index contributed by atoms with van der Waals surface area (Å²) >= 11 is 0. The Morgan fingerprint density at radius 2 is 1.74 bits per heavy atom. The Bertz CT molecular complexity index is 2280. The predicted octanol–water partition coefficient (Wildman–Crippen LogP) is 3.90. The fourth-order valence-corrected chi connectivity index (χ4v) is 9.77. The number of fused-ring (bicyclic) bond motifs is 3. The molecule has 0 spiro atoms. The quantitative estimate of drug-likeness (QED) is 0.243. The molecule has 2 aliphatic heterocycles. The summed E-state index contributed by atoms with van der Waals surface area (Å²) in [6.45, 7) is -0.0883. The molecule has 1 aromatic heterocycles. The smallest absolute Gasteiger partial charge is 0.408 e. The van der Waals surface area contributed by atoms with Crippen LogP contribution in [-0.4, -0.2) is 89.5 Å². The van der Waals surface area contributed by atoms with Gasteiger partial charge in [-0.2, -0.15) is 5.10 Å². The van der Waals surface area contributed by atoms with Crippen LogP contribution in [0.15, 0.2) is 65.6 Å². The summed E-state index contributed by atoms with van der Waals surface area (Å²) in [6.07, 6.45) is 11.1. The summed E-state index contributed by atoms with van der Waals surface area (Å²) < 4.78 is 34.8. The monoisotopic (exact) mass is 799 g/mol. The van der Waals surface area contributed by atoms with Crippen LogP contribution in [0, 0.1) is 5.92 Å². The maximum atomic E-state index is 14.6. The third-order valence-corrected chi connectivity index (χ3v) is 14.0. The molecule has 3 aromatic rings. The zero-order valence-corrected chi connectivity index (χ0v) is 32.8. The molecular weight excluding hydrogens is 751 g/mol. The van der Waals surface area contributed by atoms with Gasteiger partial charge in [-0.25, -0.2) is 17.9 Å². The minimum atomic E-state index is -3.92. The molecule has 0 radical (unpaired) electrons. The number of carbonyl (C=O) groups excluding carboxylic acids is 4. The number of nitrogens with one attached hydrogen (secondary N) is 4. The molecule has 3 heterocycles. The molecule has 15 nitrogen and oxygen atoms in total. The van der Waals surface area contributed by atoms with Crippen LogP contribution in [0.5, 0.6) is 0 Å². The van der Waals surface area contributed by atoms with E-state index in [0.717, 1.165) is 48.4 Å². The summed E-state index contributed by atoms with van der Waals surface area (Å²) in [4.78, 5) is 71.7. The summed E-state index contributed by atoms with van der Waals surface area (Å²) in [7, 11) is -2.27. The molecule has 8 rings (SSSR count). The lowest BCUT2D eigenvalue weighted by Crippen LogP contribution is -2.58. The molecule has 4 amide bonds. The molecule has 4 N–H and O–H groups in total. The second-order valence-corrected chi connectivity index (χ2v) is 18.0. The van der Waals surface area contributed by atoms with Gasteiger partial charge in [0.2, 0.25) is 21.8 Å². The van der Waals surface area contributed by atoms with E-state index in [9.17, 15) is 32.4 Å². The van der Waals surface area contributed by atoms with Gasteiger partial charge in [0.1, 0.15) is 29.4 Å². The Morgan fingerprint density at radius 3 is 2.49 bits per heavy atom. The van der Waals surface area contributed by atoms with Gasteiger partial charge in [0.25, 0.3) is 11.5 Å². The Balaban J connectivity index is 1.13. The van der Waals surface area contributed by atoms with E-state index in [0.29, 0.717) is 43.4 Å². The Labute approximate surface area is 331 Å². The lowest BCUT2D eigenvalue weighted by molar-refractivity contribution is -0.141. The second kappa shape index (κ2) is 15.6. The normalized spacial score (nSPS) is 27.4. The number of ether oxygens (including phenoxy) is 1. The standard InChI is InChI=1S/C41H49N7O8S/c1-42-35-32(31-17-9-12-25-11-7-8-16-30(25)31)23-43-48(38(35)51)27-21-34-36(49)45-41(39(52)46-57(54,55)29-19-20-29)22-26(41)13-5-3-2-4-6-18-33(37(50)47(34)24-27)44-40(53)56-28-14-10-15-28/h5,7-9,11-13,16-17,23,26-29,33-34,42H,2-4,6,10,14-15,18-22,24H2,1H3,(H,44,53)(H,45,49)(H,46,52)/b13-5-/t26?,27?,33?,34-,41?/m0/s1. The first-order valence-corrected chi connectivity index (χ1v) is 21.6. The molecule has 57 heavy (non-hydrogen) atoms. The van der Waals surface area contributed by atoms with Crippen molar-refractivity contribution in [1.29, 1.82) is 0 Å². The Morgan fingerprint density at radius 1 is 0.947 bits per heavy atom. The largest absolute Gasteiger partial charge is 0.446 e. The number of aromatic nitrogens is 2. The van der Waals surface area contributed by atoms with E-state index in [1.807, 2.05) is 54.6 Å². The molecule has 0 bridgehead atoms. The molecule has 16 heteroatoms. The van der Waals surface area contributed by atoms with Crippen molar-refractivity contribution in [1.82, 2.24) is 30.0 Å². The van der Waals surface area contributed by atoms with Crippen LogP contribution in [0.3, 0.4) is 0 Å². The van der Waals surface area contributed by atoms with Gasteiger partial charge in [-0.05, 0) is 74.1 Å². The second-order valence-electron chi connectivity index (χ2n) is 16.0. The molecule has 5 atom stereocenters. The summed E-state index contributed by atoms with van der Waals surface area (Å²) in [6, 6.07) is 10.7. The highest BCUT2D eigenvalue weighted by Gasteiger charge is 2.62. The molecule has 2 aromatic carbocycles. The first-order chi connectivity index (χ1) is 27.5. The Kier molecular flexibility index (Phi) is 10.6. The average molecular weight is 800 g/mol. The van der Waals surface area contributed by atoms with Crippen molar-refractivity contribution in [2.24, 2.45) is 5.92 Å². The molecule has 4 unspecified atom stereocenters. The molecule has 4 fully saturated rings. The predicted molar refractivity (Wildman–Crippen MR) is 212 cm³/mol. The molecule has 1 saturated heterocycles. The van der Waals surface area contributed by atoms with Crippen molar-refractivity contribution < 1.29 is 32.3 Å². The zero-order valence-electron chi connectivity index (χ0n) is 31.9. The van der Waals surface area contributed by atoms with E-state index >= 15 is 0 Å². The maximum absolute atomic E-state index is 14.6. The summed E-state index contributed by atoms with van der Waals surface area (Å²) in [5.41, 5.74) is -0.295. The lowest BCUT2D eigenvalue weighted by Gasteiger charge is -2.31. The number of hydrogen-bond donors (Lipinski definition) is 4. The third-order valence-electron chi connectivity index (χ3n) is 12.2. The highest BCUT2D eigenvalue weighted by molar-refractivity contribution is 7.91. The Hall–Kier alpha value is -5.25. The number of nitrogens with zero attached hydrogens (tertiary/aromatic N) is 3. The topological polar surface area (TPSA) is 198 Å². The van der Waals surface area contributed by atoms with E-state index in [2.05, 4.69) is 25.8 Å². The zero-order chi connectivity index (χ0) is 39.9. The van der Waals surface area contributed by atoms with Gasteiger partial charge < -0.3 is 25.6 Å². The summed E-state index contributed by atoms with van der Waals surface area (Å²) in [5.74, 6) is -2.46. The summed E-state index contributed by atoms with van der Waals surface area (Å²) in [5, 5.41) is 14.6. The lowest BCUT2D eigenvalue weighted by atomic mass is 9.96. The number of alkyl carbamates (subject to hydrolysis) is 1. The number of benzene rings is 2. The number of allylic oxidation sites excluding steroid dienone is 1. The SMILES string of the molecule is CNc1c(-c2cccc3ccccc23)cnn(C2C[C@H]3C(=O)NC4(C(=O)NS(=O)(=O)C5CC5)CC4/C=C\CCCCCC(NC(=O)OC4CCC4)C(=O)N3C2)c1=O. The van der Waals surface area contributed by atoms with Crippen LogP contribution in [0.4, 0.5) is 10.5 Å². The van der Waals surface area contributed by atoms with Gasteiger partial charge in [0.15, 0.2) is 0 Å². The molecule has 5 aliphatic rings. The van der Waals surface area contributed by atoms with Gasteiger partial charge >= 0.3 is 6.09 Å². The van der Waals surface area contributed by atoms with E-state index in [-0.39, 0.29) is 25.5 Å². The highest BCUT2D eigenvalue weighted by atomic mass is 32.2. The van der Waals surface area contributed by atoms with Gasteiger partial charge in [-0.15, -0.1) is 0 Å². The third kappa shape index (κ3) is 7.75. The fourth-order valence-electron chi connectivity index (χ4n) is 8.40. The minimum Gasteiger partial charge on any atom is -0.446 e. The van der Waals surface area contributed by atoms with Crippen molar-refractivity contribution in [3.63, 3.8) is 0 Å². The van der Waals surface area contributed by atoms with Crippen molar-refractivity contribution in [2.45, 2.75) is 112 Å². The van der Waals surface area contributed by atoms with Crippen LogP contribution < -0.4 is 26.2 Å². The average Bonchev–Trinajstić information content (AvgIpc) is 4.11. The molecular formula is C41H49N7O8S. The number of rotatable bonds is 8. The number of hydrogen-bond acceptors (Lipinski definition) is 10. The molecule has 302 valence electrons. The number of sulfonamides is 1. The van der Waals surface area contributed by atoms with Crippen molar-refractivity contribution >= 4 is 50.3 Å². The number of amides is 4. The molecule has 3 saturated carbocycles.